The Morgan fingerprint density at radius 3 is 3.00 bits per heavy atom. The number of nitrogens with zero attached hydrogens (tertiary/aromatic N) is 3. The van der Waals surface area contributed by atoms with Crippen molar-refractivity contribution in [3.63, 3.8) is 0 Å². The van der Waals surface area contributed by atoms with Gasteiger partial charge in [-0.25, -0.2) is 4.79 Å². The van der Waals surface area contributed by atoms with Crippen molar-refractivity contribution in [1.29, 1.82) is 0 Å². The van der Waals surface area contributed by atoms with E-state index in [4.69, 9.17) is 0 Å². The molecule has 0 fully saturated rings. The lowest BCUT2D eigenvalue weighted by Crippen LogP contribution is -2.18. The van der Waals surface area contributed by atoms with Crippen LogP contribution in [-0.4, -0.2) is 19.3 Å². The summed E-state index contributed by atoms with van der Waals surface area (Å²) in [6, 6.07) is 1.89. The number of hydrogen-bond acceptors (Lipinski definition) is 2. The zero-order chi connectivity index (χ0) is 9.26. The quantitative estimate of drug-likeness (QED) is 0.701. The Labute approximate surface area is 74.6 Å². The molecule has 0 aromatic carbocycles. The van der Waals surface area contributed by atoms with Gasteiger partial charge < -0.3 is 4.98 Å². The third-order valence-corrected chi connectivity index (χ3v) is 1.98. The summed E-state index contributed by atoms with van der Waals surface area (Å²) < 4.78 is 3.34. The maximum absolute atomic E-state index is 11.1. The molecule has 2 aromatic rings. The Morgan fingerprint density at radius 2 is 2.46 bits per heavy atom. The number of H-pyrrole nitrogens is 1. The molecule has 13 heavy (non-hydrogen) atoms. The van der Waals surface area contributed by atoms with Crippen LogP contribution in [0.5, 0.6) is 0 Å². The molecule has 2 heterocycles. The summed E-state index contributed by atoms with van der Waals surface area (Å²) in [6.45, 7) is 0.554. The number of aromatic amines is 1. The van der Waals surface area contributed by atoms with Crippen molar-refractivity contribution >= 4 is 0 Å². The van der Waals surface area contributed by atoms with E-state index >= 15 is 0 Å². The molecule has 5 nitrogen and oxygen atoms in total. The molecular weight excluding hydrogens is 168 g/mol. The molecule has 0 amide bonds. The van der Waals surface area contributed by atoms with Crippen molar-refractivity contribution in [2.24, 2.45) is 7.05 Å². The van der Waals surface area contributed by atoms with Crippen LogP contribution in [0, 0.1) is 0 Å². The van der Waals surface area contributed by atoms with Gasteiger partial charge >= 0.3 is 5.69 Å². The number of aromatic nitrogens is 4. The first-order chi connectivity index (χ1) is 6.27. The van der Waals surface area contributed by atoms with Crippen molar-refractivity contribution < 1.29 is 0 Å². The summed E-state index contributed by atoms with van der Waals surface area (Å²) in [5, 5.41) is 4.02. The Bertz CT molecular complexity index is 450. The zero-order valence-corrected chi connectivity index (χ0v) is 7.27. The minimum absolute atomic E-state index is 0.0961. The van der Waals surface area contributed by atoms with Gasteiger partial charge in [0, 0.05) is 25.6 Å². The van der Waals surface area contributed by atoms with Crippen LogP contribution in [0.25, 0.3) is 0 Å². The molecule has 0 saturated carbocycles. The van der Waals surface area contributed by atoms with Crippen molar-refractivity contribution in [3.8, 4) is 0 Å². The van der Waals surface area contributed by atoms with Crippen LogP contribution in [0.1, 0.15) is 5.69 Å². The van der Waals surface area contributed by atoms with E-state index in [1.165, 1.54) is 0 Å². The third-order valence-electron chi connectivity index (χ3n) is 1.98. The van der Waals surface area contributed by atoms with Crippen LogP contribution in [0.2, 0.25) is 0 Å². The van der Waals surface area contributed by atoms with Gasteiger partial charge in [-0.15, -0.1) is 0 Å². The predicted octanol–water partition coefficient (Wildman–Crippen LogP) is -0.0418. The van der Waals surface area contributed by atoms with Gasteiger partial charge in [0.1, 0.15) is 0 Å². The summed E-state index contributed by atoms with van der Waals surface area (Å²) in [6.07, 6.45) is 5.06. The fourth-order valence-corrected chi connectivity index (χ4v) is 1.20. The first-order valence-corrected chi connectivity index (χ1v) is 3.98. The molecule has 1 N–H and O–H groups in total. The molecule has 2 rings (SSSR count). The number of hydrogen-bond donors (Lipinski definition) is 1. The molecule has 5 heteroatoms. The lowest BCUT2D eigenvalue weighted by atomic mass is 10.4. The van der Waals surface area contributed by atoms with E-state index in [-0.39, 0.29) is 5.69 Å². The van der Waals surface area contributed by atoms with Gasteiger partial charge in [-0.1, -0.05) is 0 Å². The number of nitrogens with one attached hydrogen (secondary N) is 1. The fraction of sp³-hybridized carbons (Fsp3) is 0.250. The van der Waals surface area contributed by atoms with Crippen LogP contribution in [-0.2, 0) is 13.6 Å². The molecule has 68 valence electrons. The highest BCUT2D eigenvalue weighted by atomic mass is 16.1. The maximum atomic E-state index is 11.1. The smallest absolute Gasteiger partial charge is 0.313 e. The van der Waals surface area contributed by atoms with E-state index in [9.17, 15) is 4.79 Å². The van der Waals surface area contributed by atoms with E-state index < -0.39 is 0 Å². The second-order valence-corrected chi connectivity index (χ2v) is 2.84. The van der Waals surface area contributed by atoms with Crippen LogP contribution < -0.4 is 5.69 Å². The topological polar surface area (TPSA) is 55.6 Å². The van der Waals surface area contributed by atoms with Crippen LogP contribution in [0.3, 0.4) is 0 Å². The van der Waals surface area contributed by atoms with Crippen molar-refractivity contribution in [2.45, 2.75) is 6.54 Å². The number of rotatable bonds is 2. The summed E-state index contributed by atoms with van der Waals surface area (Å²) in [5.41, 5.74) is 0.905. The summed E-state index contributed by atoms with van der Waals surface area (Å²) in [4.78, 5) is 13.7. The summed E-state index contributed by atoms with van der Waals surface area (Å²) in [7, 11) is 1.85. The van der Waals surface area contributed by atoms with Gasteiger partial charge in [0.15, 0.2) is 0 Å². The number of aryl methyl sites for hydroxylation is 1. The molecular formula is C8H10N4O. The number of imidazole rings is 1. The second-order valence-electron chi connectivity index (χ2n) is 2.84. The van der Waals surface area contributed by atoms with Gasteiger partial charge in [0.2, 0.25) is 0 Å². The van der Waals surface area contributed by atoms with E-state index in [2.05, 4.69) is 10.1 Å². The highest BCUT2D eigenvalue weighted by Gasteiger charge is 2.00. The largest absolute Gasteiger partial charge is 0.325 e. The van der Waals surface area contributed by atoms with Gasteiger partial charge in [-0.3, -0.25) is 9.25 Å². The normalized spacial score (nSPS) is 10.5. The molecule has 0 bridgehead atoms. The summed E-state index contributed by atoms with van der Waals surface area (Å²) >= 11 is 0. The SMILES string of the molecule is Cn1nccc1Cn1cc[nH]c1=O. The van der Waals surface area contributed by atoms with Crippen molar-refractivity contribution in [2.75, 3.05) is 0 Å². The molecule has 0 spiro atoms. The molecule has 0 aliphatic heterocycles. The minimum Gasteiger partial charge on any atom is -0.313 e. The molecule has 0 aliphatic carbocycles. The monoisotopic (exact) mass is 178 g/mol. The van der Waals surface area contributed by atoms with E-state index in [0.717, 1.165) is 5.69 Å². The molecule has 2 aromatic heterocycles. The summed E-state index contributed by atoms with van der Waals surface area (Å²) in [5.74, 6) is 0. The lowest BCUT2D eigenvalue weighted by Gasteiger charge is -2.00. The lowest BCUT2D eigenvalue weighted by molar-refractivity contribution is 0.655. The average Bonchev–Trinajstić information content (AvgIpc) is 2.65. The minimum atomic E-state index is -0.0961. The fourth-order valence-electron chi connectivity index (χ4n) is 1.20. The van der Waals surface area contributed by atoms with Gasteiger partial charge in [-0.05, 0) is 6.07 Å². The van der Waals surface area contributed by atoms with E-state index in [1.54, 1.807) is 27.8 Å². The average molecular weight is 178 g/mol. The molecule has 0 atom stereocenters. The standard InChI is InChI=1S/C8H10N4O/c1-11-7(2-3-10-11)6-12-5-4-9-8(12)13/h2-5H,6H2,1H3,(H,9,13). The van der Waals surface area contributed by atoms with Crippen LogP contribution in [0.15, 0.2) is 29.5 Å². The van der Waals surface area contributed by atoms with E-state index in [1.807, 2.05) is 13.1 Å². The Hall–Kier alpha value is -1.78. The third kappa shape index (κ3) is 1.40. The maximum Gasteiger partial charge on any atom is 0.325 e. The first-order valence-electron chi connectivity index (χ1n) is 3.98. The van der Waals surface area contributed by atoms with Crippen molar-refractivity contribution in [1.82, 2.24) is 19.3 Å². The van der Waals surface area contributed by atoms with Gasteiger partial charge in [0.25, 0.3) is 0 Å². The van der Waals surface area contributed by atoms with Crippen molar-refractivity contribution in [3.05, 3.63) is 40.8 Å². The molecule has 0 radical (unpaired) electrons. The highest BCUT2D eigenvalue weighted by molar-refractivity contribution is 5.01. The van der Waals surface area contributed by atoms with Gasteiger partial charge in [0.05, 0.1) is 12.2 Å². The zero-order valence-electron chi connectivity index (χ0n) is 7.27. The molecule has 0 saturated heterocycles. The molecule has 0 aliphatic rings. The van der Waals surface area contributed by atoms with Gasteiger partial charge in [-0.2, -0.15) is 5.10 Å². The second kappa shape index (κ2) is 2.93. The van der Waals surface area contributed by atoms with E-state index in [0.29, 0.717) is 6.54 Å². The Balaban J connectivity index is 2.29. The predicted molar refractivity (Wildman–Crippen MR) is 47.4 cm³/mol. The highest BCUT2D eigenvalue weighted by Crippen LogP contribution is 1.97. The van der Waals surface area contributed by atoms with Crippen LogP contribution >= 0.6 is 0 Å². The molecule has 0 unspecified atom stereocenters. The Morgan fingerprint density at radius 1 is 1.62 bits per heavy atom. The van der Waals surface area contributed by atoms with Crippen LogP contribution in [0.4, 0.5) is 0 Å². The first kappa shape index (κ1) is 7.85. The Kier molecular flexibility index (Phi) is 1.77.